The monoisotopic (exact) mass is 270 g/mol. The summed E-state index contributed by atoms with van der Waals surface area (Å²) in [7, 11) is 0. The Labute approximate surface area is 118 Å². The fourth-order valence-corrected chi connectivity index (χ4v) is 2.41. The highest BCUT2D eigenvalue weighted by molar-refractivity contribution is 5.86. The molecule has 2 aromatic rings. The number of nitrogens with zero attached hydrogens (tertiary/aromatic N) is 2. The maximum Gasteiger partial charge on any atom is 0.279 e. The van der Waals surface area contributed by atoms with Gasteiger partial charge >= 0.3 is 0 Å². The lowest BCUT2D eigenvalue weighted by molar-refractivity contribution is -0.384. The van der Waals surface area contributed by atoms with Crippen LogP contribution >= 0.6 is 0 Å². The molecule has 0 N–H and O–H groups in total. The van der Waals surface area contributed by atoms with Crippen LogP contribution in [0, 0.1) is 10.1 Å². The van der Waals surface area contributed by atoms with E-state index in [1.165, 1.54) is 0 Å². The van der Waals surface area contributed by atoms with Crippen molar-refractivity contribution >= 4 is 11.4 Å². The highest BCUT2D eigenvalue weighted by Crippen LogP contribution is 2.38. The van der Waals surface area contributed by atoms with Gasteiger partial charge < -0.3 is 4.90 Å². The van der Waals surface area contributed by atoms with Crippen LogP contribution in [0.4, 0.5) is 11.4 Å². The fraction of sp³-hybridized carbons (Fsp3) is 0.250. The number of nitro benzene ring substituents is 1. The molecule has 2 rings (SSSR count). The van der Waals surface area contributed by atoms with Gasteiger partial charge in [-0.3, -0.25) is 10.1 Å². The molecule has 0 spiro atoms. The Morgan fingerprint density at radius 3 is 2.20 bits per heavy atom. The van der Waals surface area contributed by atoms with Gasteiger partial charge in [0.25, 0.3) is 5.69 Å². The maximum atomic E-state index is 11.3. The molecule has 0 saturated heterocycles. The predicted molar refractivity (Wildman–Crippen MR) is 82.1 cm³/mol. The molecule has 0 saturated carbocycles. The van der Waals surface area contributed by atoms with Gasteiger partial charge in [0.2, 0.25) is 0 Å². The summed E-state index contributed by atoms with van der Waals surface area (Å²) >= 11 is 0. The van der Waals surface area contributed by atoms with E-state index < -0.39 is 0 Å². The molecule has 4 heteroatoms. The molecule has 0 aliphatic carbocycles. The van der Waals surface area contributed by atoms with E-state index in [9.17, 15) is 10.1 Å². The largest absolute Gasteiger partial charge is 0.371 e. The van der Waals surface area contributed by atoms with Crippen molar-refractivity contribution in [3.8, 4) is 11.1 Å². The molecule has 0 atom stereocenters. The average molecular weight is 270 g/mol. The van der Waals surface area contributed by atoms with Crippen LogP contribution in [0.1, 0.15) is 13.8 Å². The van der Waals surface area contributed by atoms with Crippen LogP contribution < -0.4 is 4.90 Å². The van der Waals surface area contributed by atoms with Gasteiger partial charge in [0.05, 0.1) is 16.2 Å². The smallest absolute Gasteiger partial charge is 0.279 e. The molecule has 0 heterocycles. The lowest BCUT2D eigenvalue weighted by Gasteiger charge is -2.24. The normalized spacial score (nSPS) is 10.3. The standard InChI is InChI=1S/C16H18N2O2/c1-3-17(4-2)14-11-8-12-15(18(19)20)16(14)13-9-6-5-7-10-13/h5-12H,3-4H2,1-2H3. The fourth-order valence-electron chi connectivity index (χ4n) is 2.41. The Kier molecular flexibility index (Phi) is 4.35. The lowest BCUT2D eigenvalue weighted by Crippen LogP contribution is -2.22. The van der Waals surface area contributed by atoms with Crippen LogP contribution in [0.3, 0.4) is 0 Å². The first-order chi connectivity index (χ1) is 9.69. The first kappa shape index (κ1) is 14.1. The van der Waals surface area contributed by atoms with E-state index in [0.29, 0.717) is 5.56 Å². The van der Waals surface area contributed by atoms with E-state index in [-0.39, 0.29) is 10.6 Å². The molecule has 0 amide bonds. The van der Waals surface area contributed by atoms with Crippen LogP contribution in [-0.4, -0.2) is 18.0 Å². The molecule has 0 unspecified atom stereocenters. The van der Waals surface area contributed by atoms with Gasteiger partial charge in [0.15, 0.2) is 0 Å². The second kappa shape index (κ2) is 6.19. The van der Waals surface area contributed by atoms with Crippen molar-refractivity contribution in [2.24, 2.45) is 0 Å². The first-order valence-electron chi connectivity index (χ1n) is 6.76. The summed E-state index contributed by atoms with van der Waals surface area (Å²) in [4.78, 5) is 13.2. The molecule has 4 nitrogen and oxygen atoms in total. The van der Waals surface area contributed by atoms with Gasteiger partial charge in [-0.15, -0.1) is 0 Å². The van der Waals surface area contributed by atoms with Crippen molar-refractivity contribution in [2.75, 3.05) is 18.0 Å². The van der Waals surface area contributed by atoms with E-state index in [4.69, 9.17) is 0 Å². The van der Waals surface area contributed by atoms with Crippen LogP contribution in [0.15, 0.2) is 48.5 Å². The molecule has 104 valence electrons. The molecular weight excluding hydrogens is 252 g/mol. The number of nitro groups is 1. The van der Waals surface area contributed by atoms with Gasteiger partial charge in [0.1, 0.15) is 0 Å². The van der Waals surface area contributed by atoms with Crippen molar-refractivity contribution in [3.05, 3.63) is 58.6 Å². The number of rotatable bonds is 5. The Bertz CT molecular complexity index is 593. The topological polar surface area (TPSA) is 46.4 Å². The van der Waals surface area contributed by atoms with Gasteiger partial charge in [-0.2, -0.15) is 0 Å². The third-order valence-electron chi connectivity index (χ3n) is 3.38. The molecule has 0 radical (unpaired) electrons. The Hall–Kier alpha value is -2.36. The van der Waals surface area contributed by atoms with Crippen molar-refractivity contribution in [1.82, 2.24) is 0 Å². The SMILES string of the molecule is CCN(CC)c1cccc([N+](=O)[O-])c1-c1ccccc1. The average Bonchev–Trinajstić information content (AvgIpc) is 2.49. The number of hydrogen-bond donors (Lipinski definition) is 0. The first-order valence-corrected chi connectivity index (χ1v) is 6.76. The van der Waals surface area contributed by atoms with Gasteiger partial charge in [-0.1, -0.05) is 36.4 Å². The second-order valence-electron chi connectivity index (χ2n) is 4.47. The van der Waals surface area contributed by atoms with Crippen LogP contribution in [-0.2, 0) is 0 Å². The zero-order chi connectivity index (χ0) is 14.5. The van der Waals surface area contributed by atoms with Crippen LogP contribution in [0.25, 0.3) is 11.1 Å². The highest BCUT2D eigenvalue weighted by atomic mass is 16.6. The second-order valence-corrected chi connectivity index (χ2v) is 4.47. The van der Waals surface area contributed by atoms with Crippen molar-refractivity contribution in [1.29, 1.82) is 0 Å². The molecule has 2 aromatic carbocycles. The zero-order valence-corrected chi connectivity index (χ0v) is 11.7. The predicted octanol–water partition coefficient (Wildman–Crippen LogP) is 4.11. The van der Waals surface area contributed by atoms with Crippen molar-refractivity contribution in [3.63, 3.8) is 0 Å². The summed E-state index contributed by atoms with van der Waals surface area (Å²) in [6, 6.07) is 14.8. The van der Waals surface area contributed by atoms with E-state index in [1.54, 1.807) is 12.1 Å². The van der Waals surface area contributed by atoms with Crippen molar-refractivity contribution in [2.45, 2.75) is 13.8 Å². The minimum atomic E-state index is -0.310. The van der Waals surface area contributed by atoms with Crippen molar-refractivity contribution < 1.29 is 4.92 Å². The van der Waals surface area contributed by atoms with E-state index in [0.717, 1.165) is 24.3 Å². The quantitative estimate of drug-likeness (QED) is 0.606. The zero-order valence-electron chi connectivity index (χ0n) is 11.7. The van der Waals surface area contributed by atoms with Gasteiger partial charge in [-0.25, -0.2) is 0 Å². The lowest BCUT2D eigenvalue weighted by atomic mass is 10.0. The van der Waals surface area contributed by atoms with E-state index in [2.05, 4.69) is 18.7 Å². The number of hydrogen-bond acceptors (Lipinski definition) is 3. The Morgan fingerprint density at radius 1 is 1.00 bits per heavy atom. The molecular formula is C16H18N2O2. The van der Waals surface area contributed by atoms with Crippen LogP contribution in [0.2, 0.25) is 0 Å². The summed E-state index contributed by atoms with van der Waals surface area (Å²) in [6.07, 6.45) is 0. The molecule has 0 aromatic heterocycles. The van der Waals surface area contributed by atoms with E-state index in [1.807, 2.05) is 36.4 Å². The minimum Gasteiger partial charge on any atom is -0.371 e. The summed E-state index contributed by atoms with van der Waals surface area (Å²) in [6.45, 7) is 5.74. The third-order valence-corrected chi connectivity index (χ3v) is 3.38. The molecule has 0 fully saturated rings. The maximum absolute atomic E-state index is 11.3. The van der Waals surface area contributed by atoms with E-state index >= 15 is 0 Å². The third kappa shape index (κ3) is 2.64. The molecule has 0 aliphatic rings. The summed E-state index contributed by atoms with van der Waals surface area (Å²) in [5.41, 5.74) is 2.64. The molecule has 20 heavy (non-hydrogen) atoms. The summed E-state index contributed by atoms with van der Waals surface area (Å²) in [5, 5.41) is 11.3. The summed E-state index contributed by atoms with van der Waals surface area (Å²) in [5.74, 6) is 0. The number of benzene rings is 2. The van der Waals surface area contributed by atoms with Gasteiger partial charge in [-0.05, 0) is 25.5 Å². The minimum absolute atomic E-state index is 0.153. The van der Waals surface area contributed by atoms with Crippen LogP contribution in [0.5, 0.6) is 0 Å². The van der Waals surface area contributed by atoms with Gasteiger partial charge in [0, 0.05) is 19.2 Å². The summed E-state index contributed by atoms with van der Waals surface area (Å²) < 4.78 is 0. The number of anilines is 1. The Balaban J connectivity index is 2.69. The molecule has 0 bridgehead atoms. The highest BCUT2D eigenvalue weighted by Gasteiger charge is 2.21. The molecule has 0 aliphatic heterocycles. The Morgan fingerprint density at radius 2 is 1.65 bits per heavy atom.